The fourth-order valence-corrected chi connectivity index (χ4v) is 1.47. The van der Waals surface area contributed by atoms with Crippen LogP contribution in [-0.2, 0) is 6.54 Å². The van der Waals surface area contributed by atoms with E-state index in [1.807, 2.05) is 0 Å². The third-order valence-corrected chi connectivity index (χ3v) is 2.65. The summed E-state index contributed by atoms with van der Waals surface area (Å²) in [6.45, 7) is 0.937. The molecule has 0 amide bonds. The van der Waals surface area contributed by atoms with Gasteiger partial charge in [-0.3, -0.25) is 10.1 Å². The summed E-state index contributed by atoms with van der Waals surface area (Å²) in [5, 5.41) is 10.6. The minimum Gasteiger partial charge on any atom is -0.493 e. The second-order valence-corrected chi connectivity index (χ2v) is 4.01. The van der Waals surface area contributed by atoms with Gasteiger partial charge < -0.3 is 10.5 Å². The Balaban J connectivity index is 2.12. The van der Waals surface area contributed by atoms with E-state index in [9.17, 15) is 10.1 Å². The molecule has 1 aliphatic carbocycles. The van der Waals surface area contributed by atoms with Crippen molar-refractivity contribution in [2.75, 3.05) is 6.61 Å². The van der Waals surface area contributed by atoms with Gasteiger partial charge in [-0.25, -0.2) is 0 Å². The molecule has 0 aliphatic heterocycles. The Kier molecular flexibility index (Phi) is 3.05. The Bertz CT molecular complexity index is 402. The largest absolute Gasteiger partial charge is 0.493 e. The average molecular weight is 222 g/mol. The summed E-state index contributed by atoms with van der Waals surface area (Å²) in [5.41, 5.74) is 6.28. The molecule has 0 bridgehead atoms. The number of benzene rings is 1. The molecular formula is C11H14N2O3. The lowest BCUT2D eigenvalue weighted by molar-refractivity contribution is -0.384. The van der Waals surface area contributed by atoms with Crippen LogP contribution in [0.3, 0.4) is 0 Å². The van der Waals surface area contributed by atoms with E-state index in [-0.39, 0.29) is 12.2 Å². The fraction of sp³-hybridized carbons (Fsp3) is 0.455. The number of ether oxygens (including phenoxy) is 1. The van der Waals surface area contributed by atoms with Crippen molar-refractivity contribution in [2.45, 2.75) is 19.4 Å². The second-order valence-electron chi connectivity index (χ2n) is 4.01. The predicted octanol–water partition coefficient (Wildman–Crippen LogP) is 1.84. The highest BCUT2D eigenvalue weighted by molar-refractivity contribution is 5.43. The van der Waals surface area contributed by atoms with Crippen LogP contribution in [0.1, 0.15) is 18.4 Å². The molecule has 1 aliphatic rings. The van der Waals surface area contributed by atoms with Gasteiger partial charge in [-0.1, -0.05) is 0 Å². The van der Waals surface area contributed by atoms with E-state index in [1.54, 1.807) is 6.07 Å². The van der Waals surface area contributed by atoms with Gasteiger partial charge in [0.05, 0.1) is 11.5 Å². The number of nitrogens with two attached hydrogens (primary N) is 1. The Morgan fingerprint density at radius 3 is 2.81 bits per heavy atom. The average Bonchev–Trinajstić information content (AvgIpc) is 3.09. The highest BCUT2D eigenvalue weighted by atomic mass is 16.6. The third kappa shape index (κ3) is 2.49. The van der Waals surface area contributed by atoms with E-state index in [0.29, 0.717) is 23.8 Å². The highest BCUT2D eigenvalue weighted by Crippen LogP contribution is 2.31. The zero-order valence-corrected chi connectivity index (χ0v) is 8.89. The van der Waals surface area contributed by atoms with Crippen molar-refractivity contribution in [3.05, 3.63) is 33.9 Å². The fourth-order valence-electron chi connectivity index (χ4n) is 1.47. The lowest BCUT2D eigenvalue weighted by Crippen LogP contribution is -2.05. The second kappa shape index (κ2) is 4.49. The van der Waals surface area contributed by atoms with E-state index in [2.05, 4.69) is 0 Å². The first kappa shape index (κ1) is 10.9. The zero-order valence-electron chi connectivity index (χ0n) is 8.89. The Morgan fingerprint density at radius 2 is 2.25 bits per heavy atom. The molecule has 0 saturated heterocycles. The van der Waals surface area contributed by atoms with Crippen molar-refractivity contribution < 1.29 is 9.66 Å². The predicted molar refractivity (Wildman–Crippen MR) is 59.2 cm³/mol. The van der Waals surface area contributed by atoms with Gasteiger partial charge in [0.1, 0.15) is 5.75 Å². The summed E-state index contributed by atoms with van der Waals surface area (Å²) in [7, 11) is 0. The highest BCUT2D eigenvalue weighted by Gasteiger charge is 2.22. The number of rotatable bonds is 5. The minimum atomic E-state index is -0.427. The van der Waals surface area contributed by atoms with Crippen molar-refractivity contribution in [1.29, 1.82) is 0 Å². The van der Waals surface area contributed by atoms with E-state index in [0.717, 1.165) is 0 Å². The van der Waals surface area contributed by atoms with Gasteiger partial charge in [0.25, 0.3) is 5.69 Å². The minimum absolute atomic E-state index is 0.0548. The summed E-state index contributed by atoms with van der Waals surface area (Å²) < 4.78 is 5.58. The molecule has 1 fully saturated rings. The van der Waals surface area contributed by atoms with E-state index >= 15 is 0 Å². The molecule has 1 aromatic rings. The number of hydrogen-bond acceptors (Lipinski definition) is 4. The van der Waals surface area contributed by atoms with E-state index < -0.39 is 4.92 Å². The van der Waals surface area contributed by atoms with E-state index in [4.69, 9.17) is 10.5 Å². The first-order valence-corrected chi connectivity index (χ1v) is 5.31. The summed E-state index contributed by atoms with van der Waals surface area (Å²) in [6, 6.07) is 4.55. The van der Waals surface area contributed by atoms with Crippen LogP contribution < -0.4 is 10.5 Å². The van der Waals surface area contributed by atoms with Crippen molar-refractivity contribution in [3.8, 4) is 5.75 Å². The monoisotopic (exact) mass is 222 g/mol. The topological polar surface area (TPSA) is 78.4 Å². The first-order valence-electron chi connectivity index (χ1n) is 5.31. The molecule has 5 heteroatoms. The molecule has 0 spiro atoms. The third-order valence-electron chi connectivity index (χ3n) is 2.65. The molecular weight excluding hydrogens is 208 g/mol. The van der Waals surface area contributed by atoms with Crippen molar-refractivity contribution >= 4 is 5.69 Å². The maximum absolute atomic E-state index is 10.6. The van der Waals surface area contributed by atoms with Gasteiger partial charge in [-0.05, 0) is 24.8 Å². The van der Waals surface area contributed by atoms with Crippen LogP contribution in [0.25, 0.3) is 0 Å². The van der Waals surface area contributed by atoms with Gasteiger partial charge in [0, 0.05) is 24.2 Å². The molecule has 0 atom stereocenters. The molecule has 86 valence electrons. The summed E-state index contributed by atoms with van der Waals surface area (Å²) in [6.07, 6.45) is 2.43. The van der Waals surface area contributed by atoms with Crippen LogP contribution in [0, 0.1) is 16.0 Å². The number of nitro groups is 1. The van der Waals surface area contributed by atoms with Gasteiger partial charge in [0.15, 0.2) is 0 Å². The quantitative estimate of drug-likeness (QED) is 0.609. The van der Waals surface area contributed by atoms with E-state index in [1.165, 1.54) is 25.0 Å². The molecule has 0 aromatic heterocycles. The molecule has 0 heterocycles. The zero-order chi connectivity index (χ0) is 11.5. The maximum Gasteiger partial charge on any atom is 0.270 e. The van der Waals surface area contributed by atoms with Crippen LogP contribution in [0.5, 0.6) is 5.75 Å². The summed E-state index contributed by atoms with van der Waals surface area (Å²) in [5.74, 6) is 1.32. The Hall–Kier alpha value is -1.62. The molecule has 2 rings (SSSR count). The lowest BCUT2D eigenvalue weighted by Gasteiger charge is -2.09. The SMILES string of the molecule is NCc1cc([N+](=O)[O-])ccc1OCC1CC1. The molecule has 5 nitrogen and oxygen atoms in total. The molecule has 1 aromatic carbocycles. The lowest BCUT2D eigenvalue weighted by atomic mass is 10.2. The Morgan fingerprint density at radius 1 is 1.50 bits per heavy atom. The van der Waals surface area contributed by atoms with Gasteiger partial charge in [0.2, 0.25) is 0 Å². The molecule has 16 heavy (non-hydrogen) atoms. The van der Waals surface area contributed by atoms with Crippen molar-refractivity contribution in [2.24, 2.45) is 11.7 Å². The maximum atomic E-state index is 10.6. The van der Waals surface area contributed by atoms with Crippen molar-refractivity contribution in [3.63, 3.8) is 0 Å². The van der Waals surface area contributed by atoms with Crippen LogP contribution in [0.2, 0.25) is 0 Å². The standard InChI is InChI=1S/C11H14N2O3/c12-6-9-5-10(13(14)15)3-4-11(9)16-7-8-1-2-8/h3-5,8H,1-2,6-7,12H2. The Labute approximate surface area is 93.4 Å². The molecule has 1 saturated carbocycles. The summed E-state index contributed by atoms with van der Waals surface area (Å²) in [4.78, 5) is 10.2. The van der Waals surface area contributed by atoms with Crippen LogP contribution in [0.15, 0.2) is 18.2 Å². The number of nitro benzene ring substituents is 1. The van der Waals surface area contributed by atoms with Crippen molar-refractivity contribution in [1.82, 2.24) is 0 Å². The van der Waals surface area contributed by atoms with Gasteiger partial charge in [-0.15, -0.1) is 0 Å². The molecule has 0 radical (unpaired) electrons. The normalized spacial score (nSPS) is 14.8. The first-order chi connectivity index (χ1) is 7.70. The number of hydrogen-bond donors (Lipinski definition) is 1. The van der Waals surface area contributed by atoms with Crippen LogP contribution in [-0.4, -0.2) is 11.5 Å². The van der Waals surface area contributed by atoms with Gasteiger partial charge in [-0.2, -0.15) is 0 Å². The van der Waals surface area contributed by atoms with Gasteiger partial charge >= 0.3 is 0 Å². The molecule has 2 N–H and O–H groups in total. The molecule has 0 unspecified atom stereocenters. The summed E-state index contributed by atoms with van der Waals surface area (Å²) >= 11 is 0. The number of nitrogens with zero attached hydrogens (tertiary/aromatic N) is 1. The van der Waals surface area contributed by atoms with Crippen LogP contribution in [0.4, 0.5) is 5.69 Å². The number of non-ortho nitro benzene ring substituents is 1. The van der Waals surface area contributed by atoms with Crippen LogP contribution >= 0.6 is 0 Å². The smallest absolute Gasteiger partial charge is 0.270 e.